The van der Waals surface area contributed by atoms with Crippen molar-refractivity contribution >= 4 is 0 Å². The van der Waals surface area contributed by atoms with E-state index in [4.69, 9.17) is 0 Å². The summed E-state index contributed by atoms with van der Waals surface area (Å²) in [7, 11) is 0. The lowest BCUT2D eigenvalue weighted by molar-refractivity contribution is 0.726. The number of benzene rings is 1. The third-order valence-corrected chi connectivity index (χ3v) is 2.86. The zero-order valence-corrected chi connectivity index (χ0v) is 9.15. The van der Waals surface area contributed by atoms with Crippen molar-refractivity contribution < 1.29 is 0 Å². The Hall–Kier alpha value is -1.30. The van der Waals surface area contributed by atoms with E-state index in [0.29, 0.717) is 0 Å². The molecule has 0 fully saturated rings. The number of rotatable bonds is 2. The summed E-state index contributed by atoms with van der Waals surface area (Å²) in [6.07, 6.45) is 13.1. The van der Waals surface area contributed by atoms with Crippen LogP contribution in [0.1, 0.15) is 31.2 Å². The van der Waals surface area contributed by atoms with Gasteiger partial charge in [0.25, 0.3) is 0 Å². The summed E-state index contributed by atoms with van der Waals surface area (Å²) in [6, 6.07) is 10.7. The average Bonchev–Trinajstić information content (AvgIpc) is 2.23. The fraction of sp³-hybridized carbons (Fsp3) is 0.333. The largest absolute Gasteiger partial charge is 0.0845 e. The lowest BCUT2D eigenvalue weighted by Crippen LogP contribution is -1.92. The maximum atomic E-state index is 2.30. The molecule has 0 nitrogen and oxygen atoms in total. The maximum absolute atomic E-state index is 2.30. The highest BCUT2D eigenvalue weighted by Gasteiger charge is 2.00. The van der Waals surface area contributed by atoms with Gasteiger partial charge in [-0.3, -0.25) is 0 Å². The second-order valence-corrected chi connectivity index (χ2v) is 4.16. The van der Waals surface area contributed by atoms with Crippen LogP contribution in [0.15, 0.2) is 54.1 Å². The molecule has 1 aliphatic carbocycles. The average molecular weight is 198 g/mol. The molecule has 0 aromatic heterocycles. The molecule has 1 aliphatic rings. The van der Waals surface area contributed by atoms with Crippen molar-refractivity contribution in [2.45, 2.75) is 32.1 Å². The predicted octanol–water partition coefficient (Wildman–Crippen LogP) is 4.29. The minimum absolute atomic E-state index is 1.12. The van der Waals surface area contributed by atoms with Crippen LogP contribution in [0.5, 0.6) is 0 Å². The third-order valence-electron chi connectivity index (χ3n) is 2.86. The third kappa shape index (κ3) is 3.39. The molecule has 0 radical (unpaired) electrons. The van der Waals surface area contributed by atoms with Gasteiger partial charge in [-0.25, -0.2) is 0 Å². The second kappa shape index (κ2) is 5.55. The SMILES string of the molecule is C1=CCCCCC(Cc2ccccc2)=C1. The van der Waals surface area contributed by atoms with Gasteiger partial charge in [-0.05, 0) is 37.7 Å². The molecule has 78 valence electrons. The van der Waals surface area contributed by atoms with E-state index in [9.17, 15) is 0 Å². The smallest absolute Gasteiger partial charge is 0.00640 e. The Morgan fingerprint density at radius 3 is 2.73 bits per heavy atom. The van der Waals surface area contributed by atoms with Gasteiger partial charge in [0.1, 0.15) is 0 Å². The molecular formula is C15H18. The first-order valence-corrected chi connectivity index (χ1v) is 5.83. The van der Waals surface area contributed by atoms with Crippen LogP contribution in [-0.4, -0.2) is 0 Å². The minimum atomic E-state index is 1.12. The van der Waals surface area contributed by atoms with Crippen molar-refractivity contribution in [3.05, 3.63) is 59.7 Å². The van der Waals surface area contributed by atoms with E-state index < -0.39 is 0 Å². The molecule has 0 heteroatoms. The zero-order chi connectivity index (χ0) is 10.3. The molecule has 1 aromatic carbocycles. The van der Waals surface area contributed by atoms with Gasteiger partial charge in [0.05, 0.1) is 0 Å². The van der Waals surface area contributed by atoms with Crippen LogP contribution in [0.2, 0.25) is 0 Å². The van der Waals surface area contributed by atoms with Crippen molar-refractivity contribution in [2.24, 2.45) is 0 Å². The zero-order valence-electron chi connectivity index (χ0n) is 9.15. The fourth-order valence-electron chi connectivity index (χ4n) is 2.00. The molecule has 0 unspecified atom stereocenters. The van der Waals surface area contributed by atoms with Gasteiger partial charge in [-0.15, -0.1) is 0 Å². The van der Waals surface area contributed by atoms with Crippen molar-refractivity contribution in [1.29, 1.82) is 0 Å². The molecule has 15 heavy (non-hydrogen) atoms. The van der Waals surface area contributed by atoms with E-state index in [1.165, 1.54) is 31.2 Å². The second-order valence-electron chi connectivity index (χ2n) is 4.16. The molecule has 0 aliphatic heterocycles. The van der Waals surface area contributed by atoms with Crippen LogP contribution in [0.3, 0.4) is 0 Å². The molecular weight excluding hydrogens is 180 g/mol. The highest BCUT2D eigenvalue weighted by Crippen LogP contribution is 2.17. The first-order chi connectivity index (χ1) is 7.45. The quantitative estimate of drug-likeness (QED) is 0.665. The summed E-state index contributed by atoms with van der Waals surface area (Å²) in [5, 5.41) is 0. The normalized spacial score (nSPS) is 16.7. The van der Waals surface area contributed by atoms with Crippen LogP contribution in [0.4, 0.5) is 0 Å². The predicted molar refractivity (Wildman–Crippen MR) is 65.8 cm³/mol. The van der Waals surface area contributed by atoms with E-state index in [1.54, 1.807) is 5.57 Å². The van der Waals surface area contributed by atoms with Gasteiger partial charge in [-0.1, -0.05) is 54.1 Å². The molecule has 0 amide bonds. The molecule has 0 spiro atoms. The van der Waals surface area contributed by atoms with Crippen LogP contribution >= 0.6 is 0 Å². The summed E-state index contributed by atoms with van der Waals surface area (Å²) >= 11 is 0. The Morgan fingerprint density at radius 1 is 1.00 bits per heavy atom. The Labute approximate surface area is 92.3 Å². The molecule has 0 atom stereocenters. The van der Waals surface area contributed by atoms with Gasteiger partial charge in [0, 0.05) is 0 Å². The van der Waals surface area contributed by atoms with Crippen molar-refractivity contribution in [2.75, 3.05) is 0 Å². The summed E-state index contributed by atoms with van der Waals surface area (Å²) in [6.45, 7) is 0. The fourth-order valence-corrected chi connectivity index (χ4v) is 2.00. The Morgan fingerprint density at radius 2 is 1.87 bits per heavy atom. The van der Waals surface area contributed by atoms with Gasteiger partial charge in [0.2, 0.25) is 0 Å². The summed E-state index contributed by atoms with van der Waals surface area (Å²) in [4.78, 5) is 0. The van der Waals surface area contributed by atoms with Crippen molar-refractivity contribution in [3.63, 3.8) is 0 Å². The molecule has 0 bridgehead atoms. The van der Waals surface area contributed by atoms with Gasteiger partial charge in [0.15, 0.2) is 0 Å². The van der Waals surface area contributed by atoms with E-state index >= 15 is 0 Å². The van der Waals surface area contributed by atoms with E-state index in [0.717, 1.165) is 6.42 Å². The monoisotopic (exact) mass is 198 g/mol. The van der Waals surface area contributed by atoms with E-state index in [-0.39, 0.29) is 0 Å². The highest BCUT2D eigenvalue weighted by atomic mass is 14.1. The number of hydrogen-bond acceptors (Lipinski definition) is 0. The first-order valence-electron chi connectivity index (χ1n) is 5.83. The molecule has 1 aromatic rings. The van der Waals surface area contributed by atoms with Crippen LogP contribution < -0.4 is 0 Å². The van der Waals surface area contributed by atoms with E-state index in [1.807, 2.05) is 0 Å². The lowest BCUT2D eigenvalue weighted by atomic mass is 9.97. The van der Waals surface area contributed by atoms with Gasteiger partial charge >= 0.3 is 0 Å². The molecule has 0 heterocycles. The summed E-state index contributed by atoms with van der Waals surface area (Å²) < 4.78 is 0. The lowest BCUT2D eigenvalue weighted by Gasteiger charge is -2.08. The summed E-state index contributed by atoms with van der Waals surface area (Å²) in [5.74, 6) is 0. The Kier molecular flexibility index (Phi) is 3.78. The Balaban J connectivity index is 2.04. The van der Waals surface area contributed by atoms with Crippen LogP contribution in [0, 0.1) is 0 Å². The number of hydrogen-bond donors (Lipinski definition) is 0. The molecule has 2 rings (SSSR count). The van der Waals surface area contributed by atoms with Crippen molar-refractivity contribution in [1.82, 2.24) is 0 Å². The van der Waals surface area contributed by atoms with E-state index in [2.05, 4.69) is 48.6 Å². The minimum Gasteiger partial charge on any atom is -0.0845 e. The standard InChI is InChI=1S/C15H18/c1-2-5-9-14(10-6-3-1)13-15-11-7-4-8-12-15/h2,4-5,7-9,11-12H,1,3,6,10,13H2. The highest BCUT2D eigenvalue weighted by molar-refractivity contribution is 5.24. The Bertz CT molecular complexity index is 344. The molecule has 0 N–H and O–H groups in total. The van der Waals surface area contributed by atoms with Crippen LogP contribution in [-0.2, 0) is 6.42 Å². The molecule has 0 saturated carbocycles. The topological polar surface area (TPSA) is 0 Å². The van der Waals surface area contributed by atoms with Crippen LogP contribution in [0.25, 0.3) is 0 Å². The van der Waals surface area contributed by atoms with Gasteiger partial charge < -0.3 is 0 Å². The first kappa shape index (κ1) is 10.2. The number of allylic oxidation sites excluding steroid dienone is 4. The van der Waals surface area contributed by atoms with Gasteiger partial charge in [-0.2, -0.15) is 0 Å². The maximum Gasteiger partial charge on any atom is -0.00640 e. The van der Waals surface area contributed by atoms with Crippen molar-refractivity contribution in [3.8, 4) is 0 Å². The molecule has 0 saturated heterocycles. The summed E-state index contributed by atoms with van der Waals surface area (Å²) in [5.41, 5.74) is 3.00.